The third-order valence-corrected chi connectivity index (χ3v) is 4.53. The number of ether oxygens (including phenoxy) is 1. The molecule has 0 amide bonds. The first-order valence-electron chi connectivity index (χ1n) is 7.55. The number of carbonyl (C=O) groups is 1. The van der Waals surface area contributed by atoms with Crippen molar-refractivity contribution in [3.8, 4) is 5.75 Å². The molecular formula is C17H16Cl2FNO5S. The summed E-state index contributed by atoms with van der Waals surface area (Å²) in [5.41, 5.74) is 0.925. The van der Waals surface area contributed by atoms with Crippen LogP contribution in [0.2, 0.25) is 10.0 Å². The number of benzene rings is 2. The van der Waals surface area contributed by atoms with Crippen molar-refractivity contribution in [2.75, 3.05) is 11.0 Å². The monoisotopic (exact) mass is 435 g/mol. The van der Waals surface area contributed by atoms with Crippen LogP contribution in [0.4, 0.5) is 10.1 Å². The zero-order valence-electron chi connectivity index (χ0n) is 14.3. The van der Waals surface area contributed by atoms with Crippen LogP contribution in [0.25, 0.3) is 0 Å². The Morgan fingerprint density at radius 3 is 2.33 bits per heavy atom. The smallest absolute Gasteiger partial charge is 0.307 e. The van der Waals surface area contributed by atoms with E-state index >= 15 is 0 Å². The number of aryl methyl sites for hydroxylation is 1. The Hall–Kier alpha value is -2.03. The fourth-order valence-corrected chi connectivity index (χ4v) is 3.59. The normalized spacial score (nSPS) is 11.3. The van der Waals surface area contributed by atoms with Crippen LogP contribution < -0.4 is 9.46 Å². The second-order valence-electron chi connectivity index (χ2n) is 5.91. The zero-order valence-corrected chi connectivity index (χ0v) is 16.7. The van der Waals surface area contributed by atoms with E-state index in [0.29, 0.717) is 11.1 Å². The number of hydrogen-bond donors (Lipinski definition) is 2. The van der Waals surface area contributed by atoms with Gasteiger partial charge in [0.05, 0.1) is 28.4 Å². The second-order valence-corrected chi connectivity index (χ2v) is 8.47. The molecule has 0 unspecified atom stereocenters. The second kappa shape index (κ2) is 8.33. The molecule has 0 aliphatic carbocycles. The number of nitrogens with one attached hydrogen (secondary N) is 1. The van der Waals surface area contributed by atoms with Crippen LogP contribution in [0.1, 0.15) is 16.7 Å². The first-order valence-corrected chi connectivity index (χ1v) is 10.2. The van der Waals surface area contributed by atoms with E-state index in [9.17, 15) is 17.6 Å². The summed E-state index contributed by atoms with van der Waals surface area (Å²) in [7, 11) is -3.65. The molecular weight excluding hydrogens is 420 g/mol. The average molecular weight is 436 g/mol. The lowest BCUT2D eigenvalue weighted by atomic mass is 10.1. The quantitative estimate of drug-likeness (QED) is 0.684. The minimum absolute atomic E-state index is 0.0750. The van der Waals surface area contributed by atoms with Gasteiger partial charge in [0.25, 0.3) is 0 Å². The highest BCUT2D eigenvalue weighted by molar-refractivity contribution is 7.92. The highest BCUT2D eigenvalue weighted by Gasteiger charge is 2.16. The SMILES string of the molecule is Cc1cc(COc2c(Cl)cc(CC(=O)O)cc2Cl)c(F)c(NS(C)(=O)=O)c1. The molecule has 0 radical (unpaired) electrons. The largest absolute Gasteiger partial charge is 0.486 e. The first-order chi connectivity index (χ1) is 12.5. The molecule has 0 saturated carbocycles. The van der Waals surface area contributed by atoms with Gasteiger partial charge in [0.15, 0.2) is 11.6 Å². The van der Waals surface area contributed by atoms with Crippen molar-refractivity contribution in [3.63, 3.8) is 0 Å². The number of rotatable bonds is 7. The van der Waals surface area contributed by atoms with Gasteiger partial charge in [-0.2, -0.15) is 0 Å². The summed E-state index contributed by atoms with van der Waals surface area (Å²) in [4.78, 5) is 10.8. The molecule has 0 fully saturated rings. The van der Waals surface area contributed by atoms with Crippen molar-refractivity contribution >= 4 is 44.9 Å². The van der Waals surface area contributed by atoms with E-state index in [1.165, 1.54) is 24.3 Å². The Labute approximate surface area is 165 Å². The molecule has 0 saturated heterocycles. The summed E-state index contributed by atoms with van der Waals surface area (Å²) >= 11 is 12.2. The number of sulfonamides is 1. The van der Waals surface area contributed by atoms with E-state index in [2.05, 4.69) is 4.72 Å². The molecule has 0 aliphatic heterocycles. The predicted molar refractivity (Wildman–Crippen MR) is 102 cm³/mol. The van der Waals surface area contributed by atoms with E-state index in [4.69, 9.17) is 33.0 Å². The average Bonchev–Trinajstić information content (AvgIpc) is 2.48. The van der Waals surface area contributed by atoms with Gasteiger partial charge < -0.3 is 9.84 Å². The molecule has 6 nitrogen and oxygen atoms in total. The maximum atomic E-state index is 14.6. The van der Waals surface area contributed by atoms with Gasteiger partial charge in [0, 0.05) is 5.56 Å². The van der Waals surface area contributed by atoms with Crippen molar-refractivity contribution in [1.82, 2.24) is 0 Å². The minimum atomic E-state index is -3.65. The summed E-state index contributed by atoms with van der Waals surface area (Å²) in [5.74, 6) is -1.74. The molecule has 2 aromatic carbocycles. The van der Waals surface area contributed by atoms with Gasteiger partial charge in [0.1, 0.15) is 6.61 Å². The number of carboxylic acids is 1. The van der Waals surface area contributed by atoms with E-state index in [0.717, 1.165) is 6.26 Å². The lowest BCUT2D eigenvalue weighted by Crippen LogP contribution is -2.12. The molecule has 0 aromatic heterocycles. The van der Waals surface area contributed by atoms with Gasteiger partial charge >= 0.3 is 5.97 Å². The number of hydrogen-bond acceptors (Lipinski definition) is 4. The Bertz CT molecular complexity index is 972. The highest BCUT2D eigenvalue weighted by atomic mass is 35.5. The van der Waals surface area contributed by atoms with Crippen molar-refractivity contribution in [1.29, 1.82) is 0 Å². The molecule has 0 spiro atoms. The predicted octanol–water partition coefficient (Wildman–Crippen LogP) is 4.02. The maximum Gasteiger partial charge on any atom is 0.307 e. The summed E-state index contributed by atoms with van der Waals surface area (Å²) in [6.45, 7) is 1.42. The molecule has 2 aromatic rings. The molecule has 10 heteroatoms. The molecule has 0 bridgehead atoms. The van der Waals surface area contributed by atoms with Crippen molar-refractivity contribution < 1.29 is 27.4 Å². The van der Waals surface area contributed by atoms with Crippen LogP contribution in [0.5, 0.6) is 5.75 Å². The van der Waals surface area contributed by atoms with E-state index in [-0.39, 0.29) is 40.1 Å². The molecule has 2 rings (SSSR count). The van der Waals surface area contributed by atoms with Crippen molar-refractivity contribution in [2.24, 2.45) is 0 Å². The summed E-state index contributed by atoms with van der Waals surface area (Å²) in [6.07, 6.45) is 0.663. The lowest BCUT2D eigenvalue weighted by Gasteiger charge is -2.14. The zero-order chi connectivity index (χ0) is 20.4. The summed E-state index contributed by atoms with van der Waals surface area (Å²) in [5, 5.41) is 8.99. The maximum absolute atomic E-state index is 14.6. The van der Waals surface area contributed by atoms with E-state index in [1.54, 1.807) is 6.92 Å². The Balaban J connectivity index is 2.28. The van der Waals surface area contributed by atoms with Crippen LogP contribution in [0, 0.1) is 12.7 Å². The van der Waals surface area contributed by atoms with Crippen LogP contribution in [0.3, 0.4) is 0 Å². The third kappa shape index (κ3) is 5.98. The van der Waals surface area contributed by atoms with Gasteiger partial charge in [-0.15, -0.1) is 0 Å². The number of halogens is 3. The third-order valence-electron chi connectivity index (χ3n) is 3.37. The van der Waals surface area contributed by atoms with Crippen LogP contribution in [-0.2, 0) is 27.8 Å². The summed E-state index contributed by atoms with van der Waals surface area (Å²) < 4.78 is 44.9. The van der Waals surface area contributed by atoms with Gasteiger partial charge in [-0.3, -0.25) is 9.52 Å². The molecule has 27 heavy (non-hydrogen) atoms. The fraction of sp³-hybridized carbons (Fsp3) is 0.235. The number of anilines is 1. The van der Waals surface area contributed by atoms with Crippen LogP contribution in [-0.4, -0.2) is 25.7 Å². The van der Waals surface area contributed by atoms with Crippen LogP contribution in [0.15, 0.2) is 24.3 Å². The first kappa shape index (κ1) is 21.3. The van der Waals surface area contributed by atoms with Gasteiger partial charge in [-0.05, 0) is 42.3 Å². The molecule has 0 aliphatic rings. The van der Waals surface area contributed by atoms with E-state index < -0.39 is 21.8 Å². The topological polar surface area (TPSA) is 92.7 Å². The molecule has 2 N–H and O–H groups in total. The standard InChI is InChI=1S/C17H16Cl2FNO5S/c1-9-3-11(16(20)14(4-9)21-27(2,24)25)8-26-17-12(18)5-10(6-13(17)19)7-15(22)23/h3-6,21H,7-8H2,1-2H3,(H,22,23). The minimum Gasteiger partial charge on any atom is -0.486 e. The van der Waals surface area contributed by atoms with Crippen LogP contribution >= 0.6 is 23.2 Å². The van der Waals surface area contributed by atoms with Crippen molar-refractivity contribution in [3.05, 3.63) is 56.8 Å². The van der Waals surface area contributed by atoms with Gasteiger partial charge in [0.2, 0.25) is 10.0 Å². The molecule has 0 heterocycles. The number of carboxylic acid groups (broad SMARTS) is 1. The van der Waals surface area contributed by atoms with Gasteiger partial charge in [-0.1, -0.05) is 23.2 Å². The lowest BCUT2D eigenvalue weighted by molar-refractivity contribution is -0.136. The van der Waals surface area contributed by atoms with Gasteiger partial charge in [-0.25, -0.2) is 12.8 Å². The molecule has 146 valence electrons. The van der Waals surface area contributed by atoms with Crippen molar-refractivity contribution in [2.45, 2.75) is 20.0 Å². The fourth-order valence-electron chi connectivity index (χ4n) is 2.40. The molecule has 0 atom stereocenters. The Morgan fingerprint density at radius 1 is 1.22 bits per heavy atom. The highest BCUT2D eigenvalue weighted by Crippen LogP contribution is 2.35. The Kier molecular flexibility index (Phi) is 6.56. The summed E-state index contributed by atoms with van der Waals surface area (Å²) in [6, 6.07) is 5.67. The van der Waals surface area contributed by atoms with E-state index in [1.807, 2.05) is 0 Å². The Morgan fingerprint density at radius 2 is 1.81 bits per heavy atom. The number of aliphatic carboxylic acids is 1.